The molecular formula is C18H19BrO3. The van der Waals surface area contributed by atoms with Gasteiger partial charge in [0, 0.05) is 23.4 Å². The van der Waals surface area contributed by atoms with Gasteiger partial charge < -0.3 is 9.47 Å². The van der Waals surface area contributed by atoms with Crippen molar-refractivity contribution >= 4 is 21.7 Å². The summed E-state index contributed by atoms with van der Waals surface area (Å²) < 4.78 is 12.5. The van der Waals surface area contributed by atoms with Crippen LogP contribution in [-0.4, -0.2) is 30.7 Å². The fourth-order valence-electron chi connectivity index (χ4n) is 4.17. The van der Waals surface area contributed by atoms with E-state index >= 15 is 0 Å². The molecule has 5 rings (SSSR count). The van der Waals surface area contributed by atoms with Crippen molar-refractivity contribution in [2.45, 2.75) is 36.9 Å². The summed E-state index contributed by atoms with van der Waals surface area (Å²) in [6, 6.07) is 8.53. The zero-order valence-corrected chi connectivity index (χ0v) is 14.4. The third kappa shape index (κ3) is 1.72. The van der Waals surface area contributed by atoms with Crippen molar-refractivity contribution in [2.75, 3.05) is 13.7 Å². The molecule has 4 atom stereocenters. The van der Waals surface area contributed by atoms with Crippen molar-refractivity contribution in [3.63, 3.8) is 0 Å². The Kier molecular flexibility index (Phi) is 3.16. The van der Waals surface area contributed by atoms with Gasteiger partial charge in [-0.2, -0.15) is 0 Å². The van der Waals surface area contributed by atoms with E-state index in [9.17, 15) is 4.79 Å². The van der Waals surface area contributed by atoms with Crippen LogP contribution in [0.1, 0.15) is 30.4 Å². The lowest BCUT2D eigenvalue weighted by Crippen LogP contribution is -2.61. The van der Waals surface area contributed by atoms with E-state index in [1.807, 2.05) is 6.08 Å². The normalized spacial score (nSPS) is 39.2. The predicted molar refractivity (Wildman–Crippen MR) is 87.1 cm³/mol. The highest BCUT2D eigenvalue weighted by molar-refractivity contribution is 9.11. The molecule has 0 amide bonds. The number of hydrogen-bond donors (Lipinski definition) is 0. The number of ether oxygens (including phenoxy) is 2. The lowest BCUT2D eigenvalue weighted by molar-refractivity contribution is -0.153. The molecule has 1 saturated carbocycles. The quantitative estimate of drug-likeness (QED) is 0.773. The number of Topliss-reactive ketones (excluding diaryl/α,β-unsaturated/α-hetero) is 1. The average molecular weight is 363 g/mol. The van der Waals surface area contributed by atoms with Crippen LogP contribution in [0.25, 0.3) is 0 Å². The van der Waals surface area contributed by atoms with Gasteiger partial charge in [0.05, 0.1) is 6.61 Å². The Morgan fingerprint density at radius 2 is 2.18 bits per heavy atom. The highest BCUT2D eigenvalue weighted by atomic mass is 79.9. The molecule has 3 unspecified atom stereocenters. The van der Waals surface area contributed by atoms with Gasteiger partial charge in [-0.05, 0) is 30.0 Å². The largest absolute Gasteiger partial charge is 0.365 e. The minimum absolute atomic E-state index is 0.0534. The third-order valence-electron chi connectivity index (χ3n) is 5.53. The number of rotatable bonds is 3. The maximum absolute atomic E-state index is 13.1. The molecule has 0 aromatic heterocycles. The second-order valence-corrected chi connectivity index (χ2v) is 7.39. The van der Waals surface area contributed by atoms with E-state index in [1.54, 1.807) is 7.11 Å². The molecule has 4 aliphatic rings. The number of hydrogen-bond acceptors (Lipinski definition) is 3. The van der Waals surface area contributed by atoms with E-state index < -0.39 is 11.2 Å². The fourth-order valence-corrected chi connectivity index (χ4v) is 5.07. The summed E-state index contributed by atoms with van der Waals surface area (Å²) in [5.74, 6) is 0.263. The average Bonchev–Trinajstić information content (AvgIpc) is 3.33. The fraction of sp³-hybridized carbons (Fsp3) is 0.500. The van der Waals surface area contributed by atoms with Crippen LogP contribution in [-0.2, 0) is 20.7 Å². The maximum Gasteiger partial charge on any atom is 0.203 e. The molecule has 116 valence electrons. The number of ketones is 1. The van der Waals surface area contributed by atoms with Crippen molar-refractivity contribution in [3.05, 3.63) is 46.0 Å². The summed E-state index contributed by atoms with van der Waals surface area (Å²) in [5, 5.41) is 0. The lowest BCUT2D eigenvalue weighted by atomic mass is 9.58. The Morgan fingerprint density at radius 3 is 2.82 bits per heavy atom. The Morgan fingerprint density at radius 1 is 1.41 bits per heavy atom. The van der Waals surface area contributed by atoms with Crippen molar-refractivity contribution in [3.8, 4) is 0 Å². The van der Waals surface area contributed by atoms with E-state index in [0.29, 0.717) is 6.61 Å². The van der Waals surface area contributed by atoms with Crippen molar-refractivity contribution in [1.82, 2.24) is 0 Å². The number of aryl methyl sites for hydroxylation is 1. The number of fused-ring (bicyclic) bond motifs is 1. The van der Waals surface area contributed by atoms with Crippen LogP contribution in [0.3, 0.4) is 0 Å². The lowest BCUT2D eigenvalue weighted by Gasteiger charge is -2.50. The first-order valence-electron chi connectivity index (χ1n) is 7.78. The van der Waals surface area contributed by atoms with Gasteiger partial charge in [-0.15, -0.1) is 0 Å². The van der Waals surface area contributed by atoms with Crippen molar-refractivity contribution < 1.29 is 14.3 Å². The van der Waals surface area contributed by atoms with Crippen LogP contribution in [0.2, 0.25) is 0 Å². The summed E-state index contributed by atoms with van der Waals surface area (Å²) in [6.07, 6.45) is 3.84. The molecule has 1 spiro atoms. The molecule has 3 nitrogen and oxygen atoms in total. The first kappa shape index (κ1) is 14.6. The van der Waals surface area contributed by atoms with Gasteiger partial charge in [-0.3, -0.25) is 4.79 Å². The van der Waals surface area contributed by atoms with Crippen LogP contribution < -0.4 is 0 Å². The molecule has 22 heavy (non-hydrogen) atoms. The van der Waals surface area contributed by atoms with Gasteiger partial charge in [0.2, 0.25) is 5.78 Å². The smallest absolute Gasteiger partial charge is 0.203 e. The monoisotopic (exact) mass is 362 g/mol. The summed E-state index contributed by atoms with van der Waals surface area (Å²) in [6.45, 7) is 2.67. The molecule has 1 heterocycles. The SMILES string of the molecule is CCc1cccc(C2CC3C(Br)=CC2(OC)C(=O)[C@]32CO2)c1. The zero-order chi connectivity index (χ0) is 15.5. The Hall–Kier alpha value is -0.970. The zero-order valence-electron chi connectivity index (χ0n) is 12.8. The van der Waals surface area contributed by atoms with Gasteiger partial charge >= 0.3 is 0 Å². The number of carbonyl (C=O) groups excluding carboxylic acids is 1. The van der Waals surface area contributed by atoms with Crippen LogP contribution >= 0.6 is 15.9 Å². The molecule has 2 bridgehead atoms. The highest BCUT2D eigenvalue weighted by Gasteiger charge is 2.72. The van der Waals surface area contributed by atoms with Gasteiger partial charge in [0.15, 0.2) is 11.2 Å². The van der Waals surface area contributed by atoms with E-state index in [2.05, 4.69) is 47.1 Å². The number of benzene rings is 1. The molecule has 1 saturated heterocycles. The first-order chi connectivity index (χ1) is 10.6. The molecule has 3 aliphatic carbocycles. The predicted octanol–water partition coefficient (Wildman–Crippen LogP) is 3.37. The molecule has 2 fully saturated rings. The van der Waals surface area contributed by atoms with Gasteiger partial charge in [-0.25, -0.2) is 0 Å². The van der Waals surface area contributed by atoms with Crippen LogP contribution in [0.15, 0.2) is 34.8 Å². The highest BCUT2D eigenvalue weighted by Crippen LogP contribution is 2.61. The Balaban J connectivity index is 1.84. The minimum Gasteiger partial charge on any atom is -0.365 e. The molecule has 1 aliphatic heterocycles. The van der Waals surface area contributed by atoms with Gasteiger partial charge in [-0.1, -0.05) is 47.1 Å². The van der Waals surface area contributed by atoms with Gasteiger partial charge in [0.1, 0.15) is 0 Å². The molecule has 1 aromatic rings. The second-order valence-electron chi connectivity index (χ2n) is 6.47. The van der Waals surface area contributed by atoms with Crippen molar-refractivity contribution in [2.24, 2.45) is 5.92 Å². The first-order valence-corrected chi connectivity index (χ1v) is 8.58. The molecular weight excluding hydrogens is 344 g/mol. The minimum atomic E-state index is -0.906. The Labute approximate surface area is 138 Å². The topological polar surface area (TPSA) is 38.8 Å². The van der Waals surface area contributed by atoms with Crippen LogP contribution in [0, 0.1) is 5.92 Å². The number of halogens is 1. The van der Waals surface area contributed by atoms with Crippen LogP contribution in [0.5, 0.6) is 0 Å². The van der Waals surface area contributed by atoms with Crippen molar-refractivity contribution in [1.29, 1.82) is 0 Å². The number of epoxide rings is 1. The molecule has 4 heteroatoms. The Bertz CT molecular complexity index is 677. The molecule has 0 radical (unpaired) electrons. The maximum atomic E-state index is 13.1. The second kappa shape index (κ2) is 4.76. The summed E-state index contributed by atoms with van der Waals surface area (Å²) in [7, 11) is 1.63. The number of carbonyl (C=O) groups is 1. The van der Waals surface area contributed by atoms with Gasteiger partial charge in [0.25, 0.3) is 0 Å². The summed E-state index contributed by atoms with van der Waals surface area (Å²) in [5.41, 5.74) is 0.934. The van der Waals surface area contributed by atoms with E-state index in [-0.39, 0.29) is 17.6 Å². The summed E-state index contributed by atoms with van der Waals surface area (Å²) >= 11 is 3.64. The molecule has 1 aromatic carbocycles. The standard InChI is InChI=1S/C18H19BrO3/c1-3-11-5-4-6-12(7-11)13-8-14-15(19)9-17(13,21-2)16(20)18(14)10-22-18/h4-7,9,13-14H,3,8,10H2,1-2H3/t13?,14?,17?,18-/m0/s1. The number of methoxy groups -OCH3 is 1. The third-order valence-corrected chi connectivity index (χ3v) is 6.31. The van der Waals surface area contributed by atoms with E-state index in [0.717, 1.165) is 17.3 Å². The summed E-state index contributed by atoms with van der Waals surface area (Å²) in [4.78, 5) is 13.1. The van der Waals surface area contributed by atoms with Crippen LogP contribution in [0.4, 0.5) is 0 Å². The molecule has 0 N–H and O–H groups in total. The van der Waals surface area contributed by atoms with E-state index in [1.165, 1.54) is 11.1 Å². The van der Waals surface area contributed by atoms with E-state index in [4.69, 9.17) is 9.47 Å².